The average Bonchev–Trinajstić information content (AvgIpc) is 2.38. The third-order valence-electron chi connectivity index (χ3n) is 2.51. The lowest BCUT2D eigenvalue weighted by Crippen LogP contribution is -2.31. The van der Waals surface area contributed by atoms with Gasteiger partial charge in [0.25, 0.3) is 7.37 Å². The molecule has 0 aliphatic carbocycles. The lowest BCUT2D eigenvalue weighted by Gasteiger charge is -2.28. The van der Waals surface area contributed by atoms with Crippen LogP contribution in [0.3, 0.4) is 0 Å². The van der Waals surface area contributed by atoms with Gasteiger partial charge in [0, 0.05) is 5.30 Å². The predicted octanol–water partition coefficient (Wildman–Crippen LogP) is 4.10. The summed E-state index contributed by atoms with van der Waals surface area (Å²) < 4.78 is 16.2. The summed E-state index contributed by atoms with van der Waals surface area (Å²) in [5.74, 6) is -1.70. The summed E-state index contributed by atoms with van der Waals surface area (Å²) in [6, 6.07) is 8.33. The Balaban J connectivity index is 3.07. The summed E-state index contributed by atoms with van der Waals surface area (Å²) in [7, 11) is -3.65. The van der Waals surface area contributed by atoms with E-state index in [0.29, 0.717) is 11.7 Å². The number of rotatable bonds is 6. The zero-order chi connectivity index (χ0) is 14.5. The van der Waals surface area contributed by atoms with Crippen LogP contribution in [0, 0.1) is 0 Å². The Morgan fingerprint density at radius 3 is 2.37 bits per heavy atom. The Kier molecular flexibility index (Phi) is 6.65. The van der Waals surface area contributed by atoms with Crippen molar-refractivity contribution in [2.24, 2.45) is 0 Å². The number of hydrogen-bond donors (Lipinski definition) is 1. The Hall–Kier alpha value is 0.240. The first-order valence-electron chi connectivity index (χ1n) is 5.87. The van der Waals surface area contributed by atoms with Crippen molar-refractivity contribution in [3.05, 3.63) is 30.3 Å². The first kappa shape index (κ1) is 17.3. The van der Waals surface area contributed by atoms with Crippen molar-refractivity contribution in [1.82, 2.24) is 0 Å². The number of hydrogen-bond acceptors (Lipinski definition) is 3. The zero-order valence-corrected chi connectivity index (χ0v) is 13.6. The van der Waals surface area contributed by atoms with E-state index < -0.39 is 17.0 Å². The zero-order valence-electron chi connectivity index (χ0n) is 10.4. The molecule has 0 aliphatic rings. The lowest BCUT2D eigenvalue weighted by molar-refractivity contribution is 0.212. The van der Waals surface area contributed by atoms with E-state index in [2.05, 4.69) is 0 Å². The SMILES string of the molecule is CCCCOP(=O)(c1ccccc1)C(O)C(Cl)(Cl)Cl. The molecule has 1 rings (SSSR count). The molecule has 7 heteroatoms. The highest BCUT2D eigenvalue weighted by atomic mass is 35.6. The standard InChI is InChI=1S/C12H16Cl3O3P/c1-2-3-9-18-19(17,11(16)12(13,14)15)10-7-5-4-6-8-10/h4-8,11,16H,2-3,9H2,1H3. The molecule has 108 valence electrons. The molecule has 0 saturated heterocycles. The smallest absolute Gasteiger partial charge is 0.264 e. The van der Waals surface area contributed by atoms with Crippen LogP contribution in [0.15, 0.2) is 30.3 Å². The number of benzene rings is 1. The maximum Gasteiger partial charge on any atom is 0.264 e. The number of aliphatic hydroxyl groups excluding tert-OH is 1. The van der Waals surface area contributed by atoms with Gasteiger partial charge < -0.3 is 9.63 Å². The fourth-order valence-electron chi connectivity index (χ4n) is 1.46. The van der Waals surface area contributed by atoms with Gasteiger partial charge in [0.05, 0.1) is 6.61 Å². The summed E-state index contributed by atoms with van der Waals surface area (Å²) in [6.45, 7) is 2.21. The number of alkyl halides is 3. The van der Waals surface area contributed by atoms with E-state index >= 15 is 0 Å². The number of aliphatic hydroxyl groups is 1. The third kappa shape index (κ3) is 4.63. The third-order valence-corrected chi connectivity index (χ3v) is 6.20. The van der Waals surface area contributed by atoms with Crippen molar-refractivity contribution < 1.29 is 14.2 Å². The van der Waals surface area contributed by atoms with Crippen molar-refractivity contribution in [3.8, 4) is 0 Å². The van der Waals surface area contributed by atoms with Crippen molar-refractivity contribution in [2.75, 3.05) is 6.61 Å². The molecule has 1 aromatic carbocycles. The van der Waals surface area contributed by atoms with Crippen LogP contribution >= 0.6 is 42.2 Å². The van der Waals surface area contributed by atoms with Gasteiger partial charge in [0.15, 0.2) is 5.85 Å². The van der Waals surface area contributed by atoms with Crippen LogP contribution in [-0.2, 0) is 9.09 Å². The molecule has 1 aromatic rings. The van der Waals surface area contributed by atoms with Gasteiger partial charge in [0.1, 0.15) is 0 Å². The average molecular weight is 346 g/mol. The fraction of sp³-hybridized carbons (Fsp3) is 0.500. The van der Waals surface area contributed by atoms with Crippen molar-refractivity contribution >= 4 is 47.5 Å². The molecule has 0 bridgehead atoms. The molecule has 2 unspecified atom stereocenters. The minimum atomic E-state index is -3.65. The molecule has 19 heavy (non-hydrogen) atoms. The lowest BCUT2D eigenvalue weighted by atomic mass is 10.4. The van der Waals surface area contributed by atoms with Gasteiger partial charge in [-0.2, -0.15) is 0 Å². The molecule has 0 aliphatic heterocycles. The van der Waals surface area contributed by atoms with Gasteiger partial charge in [-0.1, -0.05) is 66.3 Å². The van der Waals surface area contributed by atoms with Gasteiger partial charge in [-0.25, -0.2) is 0 Å². The summed E-state index contributed by atoms with van der Waals surface area (Å²) in [5, 5.41) is 10.4. The highest BCUT2D eigenvalue weighted by Gasteiger charge is 2.47. The van der Waals surface area contributed by atoms with E-state index in [0.717, 1.165) is 6.42 Å². The Morgan fingerprint density at radius 2 is 1.89 bits per heavy atom. The second-order valence-corrected chi connectivity index (χ2v) is 8.86. The number of halogens is 3. The van der Waals surface area contributed by atoms with Crippen molar-refractivity contribution in [1.29, 1.82) is 0 Å². The van der Waals surface area contributed by atoms with E-state index in [-0.39, 0.29) is 6.61 Å². The van der Waals surface area contributed by atoms with Crippen LogP contribution in [0.25, 0.3) is 0 Å². The monoisotopic (exact) mass is 344 g/mol. The van der Waals surface area contributed by atoms with Gasteiger partial charge in [-0.3, -0.25) is 4.57 Å². The van der Waals surface area contributed by atoms with Crippen LogP contribution in [0.1, 0.15) is 19.8 Å². The quantitative estimate of drug-likeness (QED) is 0.480. The van der Waals surface area contributed by atoms with Gasteiger partial charge >= 0.3 is 0 Å². The predicted molar refractivity (Wildman–Crippen MR) is 80.8 cm³/mol. The fourth-order valence-corrected chi connectivity index (χ4v) is 4.56. The molecular weight excluding hydrogens is 329 g/mol. The summed E-state index contributed by atoms with van der Waals surface area (Å²) >= 11 is 17.0. The summed E-state index contributed by atoms with van der Waals surface area (Å²) in [6.07, 6.45) is 1.59. The summed E-state index contributed by atoms with van der Waals surface area (Å²) in [5.41, 5.74) is 0. The molecule has 0 saturated carbocycles. The highest BCUT2D eigenvalue weighted by Crippen LogP contribution is 2.57. The number of unbranched alkanes of at least 4 members (excludes halogenated alkanes) is 1. The van der Waals surface area contributed by atoms with Crippen LogP contribution in [0.2, 0.25) is 0 Å². The molecule has 0 amide bonds. The van der Waals surface area contributed by atoms with E-state index in [4.69, 9.17) is 39.3 Å². The van der Waals surface area contributed by atoms with Gasteiger partial charge in [0.2, 0.25) is 3.79 Å². The van der Waals surface area contributed by atoms with Gasteiger partial charge in [-0.05, 0) is 18.6 Å². The molecule has 0 aromatic heterocycles. The van der Waals surface area contributed by atoms with Crippen LogP contribution in [0.5, 0.6) is 0 Å². The van der Waals surface area contributed by atoms with Gasteiger partial charge in [-0.15, -0.1) is 0 Å². The normalized spacial score (nSPS) is 16.9. The highest BCUT2D eigenvalue weighted by molar-refractivity contribution is 7.67. The molecule has 0 radical (unpaired) electrons. The van der Waals surface area contributed by atoms with Crippen molar-refractivity contribution in [2.45, 2.75) is 29.4 Å². The minimum Gasteiger partial charge on any atom is -0.379 e. The van der Waals surface area contributed by atoms with Crippen LogP contribution in [0.4, 0.5) is 0 Å². The second-order valence-electron chi connectivity index (χ2n) is 4.03. The first-order valence-corrected chi connectivity index (χ1v) is 8.70. The molecule has 2 atom stereocenters. The van der Waals surface area contributed by atoms with E-state index in [1.54, 1.807) is 30.3 Å². The molecular formula is C12H16Cl3O3P. The topological polar surface area (TPSA) is 46.5 Å². The maximum absolute atomic E-state index is 12.9. The van der Waals surface area contributed by atoms with Crippen LogP contribution in [-0.4, -0.2) is 21.4 Å². The minimum absolute atomic E-state index is 0.237. The van der Waals surface area contributed by atoms with Crippen molar-refractivity contribution in [3.63, 3.8) is 0 Å². The largest absolute Gasteiger partial charge is 0.379 e. The second kappa shape index (κ2) is 7.31. The molecule has 3 nitrogen and oxygen atoms in total. The molecule has 0 fully saturated rings. The van der Waals surface area contributed by atoms with E-state index in [1.807, 2.05) is 6.92 Å². The molecule has 1 N–H and O–H groups in total. The Morgan fingerprint density at radius 1 is 1.32 bits per heavy atom. The van der Waals surface area contributed by atoms with Crippen LogP contribution < -0.4 is 5.30 Å². The maximum atomic E-state index is 12.9. The molecule has 0 spiro atoms. The Bertz CT molecular complexity index is 434. The summed E-state index contributed by atoms with van der Waals surface area (Å²) in [4.78, 5) is 0. The van der Waals surface area contributed by atoms with E-state index in [9.17, 15) is 9.67 Å². The Labute approximate surface area is 128 Å². The van der Waals surface area contributed by atoms with E-state index in [1.165, 1.54) is 0 Å². The first-order chi connectivity index (χ1) is 8.82. The molecule has 0 heterocycles.